The van der Waals surface area contributed by atoms with Gasteiger partial charge in [0.15, 0.2) is 5.76 Å². The van der Waals surface area contributed by atoms with E-state index in [-0.39, 0.29) is 18.2 Å². The third-order valence-electron chi connectivity index (χ3n) is 2.47. The highest BCUT2D eigenvalue weighted by atomic mass is 35.5. The van der Waals surface area contributed by atoms with Crippen molar-refractivity contribution < 1.29 is 13.9 Å². The molecule has 0 radical (unpaired) electrons. The van der Waals surface area contributed by atoms with E-state index in [1.54, 1.807) is 24.3 Å². The normalized spacial score (nSPS) is 10.3. The number of furan rings is 1. The minimum Gasteiger partial charge on any atom is -0.495 e. The predicted molar refractivity (Wildman–Crippen MR) is 72.9 cm³/mol. The van der Waals surface area contributed by atoms with Crippen molar-refractivity contribution in [3.8, 4) is 5.75 Å². The van der Waals surface area contributed by atoms with Crippen LogP contribution in [0.3, 0.4) is 0 Å². The second-order valence-electron chi connectivity index (χ2n) is 3.74. The maximum atomic E-state index is 11.7. The Balaban J connectivity index is 2.13. The molecule has 0 atom stereocenters. The molecule has 2 aromatic rings. The number of nitrogens with one attached hydrogen (secondary N) is 1. The number of hydrogen-bond acceptors (Lipinski definition) is 3. The Kier molecular flexibility index (Phi) is 4.35. The van der Waals surface area contributed by atoms with Crippen molar-refractivity contribution in [2.24, 2.45) is 0 Å². The summed E-state index contributed by atoms with van der Waals surface area (Å²) < 4.78 is 10.2. The highest BCUT2D eigenvalue weighted by Crippen LogP contribution is 2.32. The summed E-state index contributed by atoms with van der Waals surface area (Å²) in [4.78, 5) is 11.7. The van der Waals surface area contributed by atoms with Crippen LogP contribution in [0.4, 0.5) is 0 Å². The van der Waals surface area contributed by atoms with Crippen molar-refractivity contribution in [1.29, 1.82) is 0 Å². The Morgan fingerprint density at radius 3 is 2.84 bits per heavy atom. The van der Waals surface area contributed by atoms with Crippen molar-refractivity contribution >= 4 is 29.1 Å². The summed E-state index contributed by atoms with van der Waals surface area (Å²) >= 11 is 11.9. The lowest BCUT2D eigenvalue weighted by molar-refractivity contribution is 0.0923. The number of halogens is 2. The van der Waals surface area contributed by atoms with Gasteiger partial charge in [-0.25, -0.2) is 0 Å². The molecule has 0 bridgehead atoms. The minimum atomic E-state index is -0.317. The Hall–Kier alpha value is -1.65. The van der Waals surface area contributed by atoms with Crippen molar-refractivity contribution in [3.05, 3.63) is 51.9 Å². The number of benzene rings is 1. The fraction of sp³-hybridized carbons (Fsp3) is 0.154. The molecule has 6 heteroatoms. The van der Waals surface area contributed by atoms with Crippen LogP contribution in [0.1, 0.15) is 16.1 Å². The third-order valence-corrected chi connectivity index (χ3v) is 2.97. The van der Waals surface area contributed by atoms with Gasteiger partial charge in [-0.15, -0.1) is 0 Å². The van der Waals surface area contributed by atoms with Gasteiger partial charge in [-0.2, -0.15) is 0 Å². The van der Waals surface area contributed by atoms with Crippen molar-refractivity contribution in [3.63, 3.8) is 0 Å². The summed E-state index contributed by atoms with van der Waals surface area (Å²) in [7, 11) is 1.51. The van der Waals surface area contributed by atoms with Crippen LogP contribution in [0.25, 0.3) is 0 Å². The zero-order chi connectivity index (χ0) is 13.8. The van der Waals surface area contributed by atoms with Gasteiger partial charge >= 0.3 is 0 Å². The number of ether oxygens (including phenoxy) is 1. The van der Waals surface area contributed by atoms with Gasteiger partial charge in [0.25, 0.3) is 5.91 Å². The molecule has 4 nitrogen and oxygen atoms in total. The van der Waals surface area contributed by atoms with Crippen molar-refractivity contribution in [2.75, 3.05) is 7.11 Å². The Morgan fingerprint density at radius 2 is 2.21 bits per heavy atom. The number of rotatable bonds is 4. The summed E-state index contributed by atoms with van der Waals surface area (Å²) in [5, 5.41) is 3.58. The Labute approximate surface area is 120 Å². The second kappa shape index (κ2) is 5.99. The fourth-order valence-electron chi connectivity index (χ4n) is 1.64. The molecule has 0 fully saturated rings. The molecule has 0 aliphatic heterocycles. The minimum absolute atomic E-state index is 0.239. The molecule has 1 amide bonds. The van der Waals surface area contributed by atoms with E-state index in [9.17, 15) is 4.79 Å². The van der Waals surface area contributed by atoms with Crippen molar-refractivity contribution in [2.45, 2.75) is 6.54 Å². The SMILES string of the molecule is COc1c(Cl)cc(Cl)cc1CNC(=O)c1ccco1. The van der Waals surface area contributed by atoms with Crippen LogP contribution in [0.15, 0.2) is 34.9 Å². The van der Waals surface area contributed by atoms with E-state index in [0.29, 0.717) is 21.4 Å². The molecular formula is C13H11Cl2NO3. The van der Waals surface area contributed by atoms with Crippen LogP contribution in [-0.4, -0.2) is 13.0 Å². The third kappa shape index (κ3) is 3.22. The van der Waals surface area contributed by atoms with Gasteiger partial charge in [0.1, 0.15) is 5.75 Å². The van der Waals surface area contributed by atoms with E-state index >= 15 is 0 Å². The standard InChI is InChI=1S/C13H11Cl2NO3/c1-18-12-8(5-9(14)6-10(12)15)7-16-13(17)11-3-2-4-19-11/h2-6H,7H2,1H3,(H,16,17). The molecule has 0 aliphatic rings. The van der Waals surface area contributed by atoms with E-state index in [1.807, 2.05) is 0 Å². The highest BCUT2D eigenvalue weighted by Gasteiger charge is 2.12. The summed E-state index contributed by atoms with van der Waals surface area (Å²) in [5.41, 5.74) is 0.694. The lowest BCUT2D eigenvalue weighted by Crippen LogP contribution is -2.22. The first kappa shape index (κ1) is 13.8. The van der Waals surface area contributed by atoms with E-state index in [1.165, 1.54) is 13.4 Å². The number of carbonyl (C=O) groups is 1. The molecule has 0 aliphatic carbocycles. The van der Waals surface area contributed by atoms with Gasteiger partial charge in [-0.1, -0.05) is 23.2 Å². The quantitative estimate of drug-likeness (QED) is 0.939. The van der Waals surface area contributed by atoms with Crippen LogP contribution in [0.5, 0.6) is 5.75 Å². The topological polar surface area (TPSA) is 51.5 Å². The second-order valence-corrected chi connectivity index (χ2v) is 4.58. The average Bonchev–Trinajstić information content (AvgIpc) is 2.89. The monoisotopic (exact) mass is 299 g/mol. The molecule has 0 spiro atoms. The van der Waals surface area contributed by atoms with E-state index in [4.69, 9.17) is 32.4 Å². The fourth-order valence-corrected chi connectivity index (χ4v) is 2.26. The zero-order valence-electron chi connectivity index (χ0n) is 10.1. The first-order chi connectivity index (χ1) is 9.11. The molecule has 1 aromatic carbocycles. The van der Waals surface area contributed by atoms with Crippen LogP contribution < -0.4 is 10.1 Å². The van der Waals surface area contributed by atoms with Gasteiger partial charge in [-0.3, -0.25) is 4.79 Å². The van der Waals surface area contributed by atoms with Crippen molar-refractivity contribution in [1.82, 2.24) is 5.32 Å². The highest BCUT2D eigenvalue weighted by molar-refractivity contribution is 6.35. The largest absolute Gasteiger partial charge is 0.495 e. The van der Waals surface area contributed by atoms with E-state index < -0.39 is 0 Å². The van der Waals surface area contributed by atoms with Crippen LogP contribution in [0, 0.1) is 0 Å². The number of methoxy groups -OCH3 is 1. The molecule has 19 heavy (non-hydrogen) atoms. The lowest BCUT2D eigenvalue weighted by Gasteiger charge is -2.11. The van der Waals surface area contributed by atoms with Crippen LogP contribution in [0.2, 0.25) is 10.0 Å². The molecule has 0 saturated carbocycles. The summed E-state index contributed by atoms with van der Waals surface area (Å²) in [6.45, 7) is 0.239. The number of carbonyl (C=O) groups excluding carboxylic acids is 1. The average molecular weight is 300 g/mol. The predicted octanol–water partition coefficient (Wildman–Crippen LogP) is 3.53. The van der Waals surface area contributed by atoms with Gasteiger partial charge in [0, 0.05) is 17.1 Å². The molecular weight excluding hydrogens is 289 g/mol. The zero-order valence-corrected chi connectivity index (χ0v) is 11.6. The summed E-state index contributed by atoms with van der Waals surface area (Å²) in [5.74, 6) is 0.418. The first-order valence-electron chi connectivity index (χ1n) is 5.45. The first-order valence-corrected chi connectivity index (χ1v) is 6.21. The molecule has 100 valence electrons. The smallest absolute Gasteiger partial charge is 0.287 e. The van der Waals surface area contributed by atoms with Gasteiger partial charge < -0.3 is 14.5 Å². The number of hydrogen-bond donors (Lipinski definition) is 1. The lowest BCUT2D eigenvalue weighted by atomic mass is 10.2. The van der Waals surface area contributed by atoms with E-state index in [2.05, 4.69) is 5.32 Å². The molecule has 0 saturated heterocycles. The Bertz CT molecular complexity index is 582. The number of amides is 1. The molecule has 1 aromatic heterocycles. The van der Waals surface area contributed by atoms with E-state index in [0.717, 1.165) is 0 Å². The van der Waals surface area contributed by atoms with Gasteiger partial charge in [0.2, 0.25) is 0 Å². The molecule has 1 heterocycles. The van der Waals surface area contributed by atoms with Gasteiger partial charge in [0.05, 0.1) is 18.4 Å². The maximum Gasteiger partial charge on any atom is 0.287 e. The van der Waals surface area contributed by atoms with Crippen LogP contribution in [-0.2, 0) is 6.54 Å². The Morgan fingerprint density at radius 1 is 1.42 bits per heavy atom. The molecule has 2 rings (SSSR count). The maximum absolute atomic E-state index is 11.7. The van der Waals surface area contributed by atoms with Crippen LogP contribution >= 0.6 is 23.2 Å². The summed E-state index contributed by atoms with van der Waals surface area (Å²) in [6.07, 6.45) is 1.44. The summed E-state index contributed by atoms with van der Waals surface area (Å²) in [6, 6.07) is 6.50. The molecule has 0 unspecified atom stereocenters. The van der Waals surface area contributed by atoms with Gasteiger partial charge in [-0.05, 0) is 24.3 Å². The molecule has 1 N–H and O–H groups in total.